The second kappa shape index (κ2) is 10.3. The summed E-state index contributed by atoms with van der Waals surface area (Å²) in [5, 5.41) is 0. The van der Waals surface area contributed by atoms with Crippen molar-refractivity contribution >= 4 is 41.3 Å². The fraction of sp³-hybridized carbons (Fsp3) is 0.0769. The van der Waals surface area contributed by atoms with Crippen LogP contribution >= 0.6 is 0 Å². The molecular weight excluding hydrogens is 567 g/mol. The molecule has 0 heterocycles. The molecule has 2 heteroatoms. The fourth-order valence-electron chi connectivity index (χ4n) is 3.18. The standard InChI is InChI=1S/C26H22Te2/c1-3-11-21(12-4-1)19-23-15-7-9-17-25(23)27-28-26-18-10-8-16-24(26)20-22-13-5-2-6-14-22/h1-18H,19-20H2. The van der Waals surface area contributed by atoms with Crippen molar-refractivity contribution in [2.45, 2.75) is 12.8 Å². The second-order valence-electron chi connectivity index (χ2n) is 6.71. The molecule has 0 aromatic heterocycles. The Kier molecular flexibility index (Phi) is 7.27. The van der Waals surface area contributed by atoms with Crippen molar-refractivity contribution in [2.75, 3.05) is 0 Å². The van der Waals surface area contributed by atoms with Crippen LogP contribution in [0.4, 0.5) is 0 Å². The van der Waals surface area contributed by atoms with Gasteiger partial charge in [0.15, 0.2) is 0 Å². The Bertz CT molecular complexity index is 926. The summed E-state index contributed by atoms with van der Waals surface area (Å²) < 4.78 is 3.29. The Labute approximate surface area is 184 Å². The summed E-state index contributed by atoms with van der Waals surface area (Å²) in [6.07, 6.45) is 2.11. The molecule has 0 aliphatic carbocycles. The van der Waals surface area contributed by atoms with Crippen molar-refractivity contribution in [3.05, 3.63) is 131 Å². The molecular formula is C26H22Te2. The van der Waals surface area contributed by atoms with E-state index in [9.17, 15) is 0 Å². The summed E-state index contributed by atoms with van der Waals surface area (Å²) in [6, 6.07) is 40.0. The molecule has 0 N–H and O–H groups in total. The predicted octanol–water partition coefficient (Wildman–Crippen LogP) is 4.14. The van der Waals surface area contributed by atoms with Gasteiger partial charge in [-0.3, -0.25) is 0 Å². The van der Waals surface area contributed by atoms with E-state index in [4.69, 9.17) is 0 Å². The molecule has 28 heavy (non-hydrogen) atoms. The minimum absolute atomic E-state index is 0.143. The third kappa shape index (κ3) is 5.50. The van der Waals surface area contributed by atoms with Crippen LogP contribution in [-0.2, 0) is 12.8 Å². The van der Waals surface area contributed by atoms with Crippen LogP contribution in [0.2, 0.25) is 0 Å². The molecule has 0 amide bonds. The first-order valence-electron chi connectivity index (χ1n) is 9.47. The molecule has 0 saturated heterocycles. The molecule has 138 valence electrons. The van der Waals surface area contributed by atoms with Gasteiger partial charge >= 0.3 is 186 Å². The van der Waals surface area contributed by atoms with E-state index in [1.54, 1.807) is 7.22 Å². The van der Waals surface area contributed by atoms with Crippen molar-refractivity contribution < 1.29 is 0 Å². The molecule has 0 fully saturated rings. The Morgan fingerprint density at radius 1 is 0.393 bits per heavy atom. The predicted molar refractivity (Wildman–Crippen MR) is 122 cm³/mol. The third-order valence-electron chi connectivity index (χ3n) is 4.64. The third-order valence-corrected chi connectivity index (χ3v) is 16.6. The van der Waals surface area contributed by atoms with Gasteiger partial charge in [0.1, 0.15) is 0 Å². The molecule has 4 aromatic rings. The SMILES string of the molecule is c1ccc(Cc2ccccc2[Te][Te]c2ccccc2Cc2ccccc2)cc1. The van der Waals surface area contributed by atoms with Gasteiger partial charge in [-0.05, 0) is 0 Å². The van der Waals surface area contributed by atoms with Crippen molar-refractivity contribution in [3.63, 3.8) is 0 Å². The summed E-state index contributed by atoms with van der Waals surface area (Å²) in [5.41, 5.74) is 5.88. The van der Waals surface area contributed by atoms with Crippen LogP contribution in [0.1, 0.15) is 22.3 Å². The van der Waals surface area contributed by atoms with Crippen LogP contribution in [0, 0.1) is 0 Å². The maximum absolute atomic E-state index is 2.38. The van der Waals surface area contributed by atoms with E-state index in [1.165, 1.54) is 22.3 Å². The zero-order valence-electron chi connectivity index (χ0n) is 15.6. The molecule has 4 aromatic carbocycles. The molecule has 0 atom stereocenters. The van der Waals surface area contributed by atoms with Gasteiger partial charge in [-0.2, -0.15) is 0 Å². The topological polar surface area (TPSA) is 0 Å². The average molecular weight is 590 g/mol. The zero-order valence-corrected chi connectivity index (χ0v) is 20.3. The Morgan fingerprint density at radius 3 is 1.18 bits per heavy atom. The molecule has 0 unspecified atom stereocenters. The van der Waals surface area contributed by atoms with Gasteiger partial charge in [0.2, 0.25) is 0 Å². The average Bonchev–Trinajstić information content (AvgIpc) is 2.76. The maximum atomic E-state index is 2.38. The molecule has 0 saturated carbocycles. The van der Waals surface area contributed by atoms with Gasteiger partial charge < -0.3 is 0 Å². The first-order chi connectivity index (χ1) is 13.9. The van der Waals surface area contributed by atoms with Crippen molar-refractivity contribution in [3.8, 4) is 0 Å². The van der Waals surface area contributed by atoms with E-state index in [0.29, 0.717) is 0 Å². The van der Waals surface area contributed by atoms with E-state index in [2.05, 4.69) is 109 Å². The summed E-state index contributed by atoms with van der Waals surface area (Å²) >= 11 is -0.285. The molecule has 0 aliphatic heterocycles. The monoisotopic (exact) mass is 594 g/mol. The van der Waals surface area contributed by atoms with Crippen LogP contribution in [0.3, 0.4) is 0 Å². The Balaban J connectivity index is 1.50. The summed E-state index contributed by atoms with van der Waals surface area (Å²) in [4.78, 5) is 0. The van der Waals surface area contributed by atoms with Crippen LogP contribution in [0.25, 0.3) is 0 Å². The van der Waals surface area contributed by atoms with Gasteiger partial charge in [-0.15, -0.1) is 0 Å². The summed E-state index contributed by atoms with van der Waals surface area (Å²) in [7, 11) is 0. The fourth-order valence-corrected chi connectivity index (χ4v) is 15.5. The molecule has 0 radical (unpaired) electrons. The van der Waals surface area contributed by atoms with Crippen LogP contribution < -0.4 is 7.22 Å². The summed E-state index contributed by atoms with van der Waals surface area (Å²) in [6.45, 7) is 0. The quantitative estimate of drug-likeness (QED) is 0.285. The molecule has 0 nitrogen and oxygen atoms in total. The zero-order chi connectivity index (χ0) is 19.0. The van der Waals surface area contributed by atoms with Crippen molar-refractivity contribution in [1.82, 2.24) is 0 Å². The van der Waals surface area contributed by atoms with Crippen molar-refractivity contribution in [2.24, 2.45) is 0 Å². The van der Waals surface area contributed by atoms with Gasteiger partial charge in [-0.1, -0.05) is 0 Å². The van der Waals surface area contributed by atoms with E-state index in [0.717, 1.165) is 12.8 Å². The number of hydrogen-bond donors (Lipinski definition) is 0. The molecule has 0 spiro atoms. The van der Waals surface area contributed by atoms with Gasteiger partial charge in [-0.25, -0.2) is 0 Å². The number of rotatable bonds is 7. The molecule has 0 aliphatic rings. The molecule has 4 rings (SSSR count). The van der Waals surface area contributed by atoms with Gasteiger partial charge in [0.25, 0.3) is 0 Å². The normalized spacial score (nSPS) is 10.7. The molecule has 0 bridgehead atoms. The van der Waals surface area contributed by atoms with Crippen LogP contribution in [0.15, 0.2) is 109 Å². The number of benzene rings is 4. The van der Waals surface area contributed by atoms with Crippen LogP contribution in [-0.4, -0.2) is 34.1 Å². The Morgan fingerprint density at radius 2 is 0.750 bits per heavy atom. The number of hydrogen-bond acceptors (Lipinski definition) is 0. The first kappa shape index (κ1) is 19.8. The van der Waals surface area contributed by atoms with Gasteiger partial charge in [0.05, 0.1) is 0 Å². The van der Waals surface area contributed by atoms with E-state index in [1.807, 2.05) is 0 Å². The van der Waals surface area contributed by atoms with Gasteiger partial charge in [0, 0.05) is 0 Å². The van der Waals surface area contributed by atoms with Crippen LogP contribution in [0.5, 0.6) is 0 Å². The van der Waals surface area contributed by atoms with E-state index in [-0.39, 0.29) is 34.1 Å². The van der Waals surface area contributed by atoms with E-state index < -0.39 is 0 Å². The van der Waals surface area contributed by atoms with E-state index >= 15 is 0 Å². The first-order valence-corrected chi connectivity index (χ1v) is 19.1. The van der Waals surface area contributed by atoms with Crippen molar-refractivity contribution in [1.29, 1.82) is 0 Å². The Hall–Kier alpha value is -1.54. The second-order valence-corrected chi connectivity index (χ2v) is 16.6. The summed E-state index contributed by atoms with van der Waals surface area (Å²) in [5.74, 6) is 0. The minimum atomic E-state index is -0.143.